The van der Waals surface area contributed by atoms with E-state index in [1.54, 1.807) is 12.1 Å². The van der Waals surface area contributed by atoms with Gasteiger partial charge in [-0.05, 0) is 30.7 Å². The van der Waals surface area contributed by atoms with Crippen LogP contribution in [0.2, 0.25) is 0 Å². The van der Waals surface area contributed by atoms with Crippen LogP contribution in [0.25, 0.3) is 10.9 Å². The zero-order chi connectivity index (χ0) is 28.5. The van der Waals surface area contributed by atoms with Crippen LogP contribution >= 0.6 is 0 Å². The van der Waals surface area contributed by atoms with Crippen LogP contribution in [-0.4, -0.2) is 91.6 Å². The van der Waals surface area contributed by atoms with Gasteiger partial charge in [0.1, 0.15) is 5.82 Å². The van der Waals surface area contributed by atoms with Crippen molar-refractivity contribution in [2.45, 2.75) is 19.1 Å². The number of morpholine rings is 1. The molecule has 0 aliphatic carbocycles. The van der Waals surface area contributed by atoms with Gasteiger partial charge in [-0.2, -0.15) is 13.2 Å². The first-order valence-corrected chi connectivity index (χ1v) is 14.7. The van der Waals surface area contributed by atoms with Crippen LogP contribution in [-0.2, 0) is 20.8 Å². The fraction of sp³-hybridized carbons (Fsp3) is 0.462. The maximum absolute atomic E-state index is 13.5. The Labute approximate surface area is 229 Å². The molecule has 1 aromatic carbocycles. The van der Waals surface area contributed by atoms with E-state index in [0.717, 1.165) is 18.0 Å². The highest BCUT2D eigenvalue weighted by molar-refractivity contribution is 7.91. The molecule has 0 spiro atoms. The average Bonchev–Trinajstić information content (AvgIpc) is 2.93. The number of hydrogen-bond donors (Lipinski definition) is 1. The topological polar surface area (TPSA) is 118 Å². The number of hydrogen-bond acceptors (Lipinski definition) is 9. The standard InChI is InChI=1S/C26H29F3N6O4S/c1-17-2-4-20-19(3-5-22(33-20)35-8-12-40(37,38)13-9-35)23(17)24(36)30-16-21(34-6-10-39-11-7-34)18-14-31-25(32-15-18)26(27,28)29/h2-5,14-15,21H,6-13,16H2,1H3,(H,30,36). The van der Waals surface area contributed by atoms with Gasteiger partial charge in [-0.1, -0.05) is 6.07 Å². The third-order valence-electron chi connectivity index (χ3n) is 7.21. The SMILES string of the molecule is Cc1ccc2nc(N3CCS(=O)(=O)CC3)ccc2c1C(=O)NCC(c1cnc(C(F)(F)F)nc1)N1CCOCC1. The van der Waals surface area contributed by atoms with Gasteiger partial charge in [-0.25, -0.2) is 23.4 Å². The Kier molecular flexibility index (Phi) is 7.93. The van der Waals surface area contributed by atoms with E-state index < -0.39 is 27.9 Å². The third-order valence-corrected chi connectivity index (χ3v) is 8.82. The molecule has 1 unspecified atom stereocenters. The smallest absolute Gasteiger partial charge is 0.379 e. The van der Waals surface area contributed by atoms with Gasteiger partial charge in [0.25, 0.3) is 5.91 Å². The minimum absolute atomic E-state index is 0.0720. The highest BCUT2D eigenvalue weighted by Gasteiger charge is 2.35. The van der Waals surface area contributed by atoms with Crippen molar-refractivity contribution in [3.8, 4) is 0 Å². The molecule has 0 radical (unpaired) electrons. The molecule has 5 rings (SSSR count). The Balaban J connectivity index is 1.37. The minimum Gasteiger partial charge on any atom is -0.379 e. The van der Waals surface area contributed by atoms with E-state index >= 15 is 0 Å². The Bertz CT molecular complexity index is 1480. The highest BCUT2D eigenvalue weighted by Crippen LogP contribution is 2.28. The number of nitrogens with zero attached hydrogens (tertiary/aromatic N) is 5. The first kappa shape index (κ1) is 28.2. The van der Waals surface area contributed by atoms with Gasteiger partial charge < -0.3 is 15.0 Å². The zero-order valence-corrected chi connectivity index (χ0v) is 22.6. The van der Waals surface area contributed by atoms with Crippen molar-refractivity contribution in [1.29, 1.82) is 0 Å². The van der Waals surface area contributed by atoms with Crippen LogP contribution in [0.5, 0.6) is 0 Å². The Morgan fingerprint density at radius 2 is 1.73 bits per heavy atom. The van der Waals surface area contributed by atoms with Crippen LogP contribution in [0.1, 0.15) is 33.4 Å². The second-order valence-electron chi connectivity index (χ2n) is 9.84. The van der Waals surface area contributed by atoms with E-state index in [9.17, 15) is 26.4 Å². The van der Waals surface area contributed by atoms with Crippen molar-refractivity contribution < 1.29 is 31.1 Å². The molecular formula is C26H29F3N6O4S. The van der Waals surface area contributed by atoms with Gasteiger partial charge in [0, 0.05) is 56.1 Å². The quantitative estimate of drug-likeness (QED) is 0.471. The van der Waals surface area contributed by atoms with Crippen LogP contribution < -0.4 is 10.2 Å². The molecule has 1 N–H and O–H groups in total. The second kappa shape index (κ2) is 11.3. The fourth-order valence-corrected chi connectivity index (χ4v) is 6.20. The number of aromatic nitrogens is 3. The molecule has 214 valence electrons. The number of sulfone groups is 1. The number of halogens is 3. The summed E-state index contributed by atoms with van der Waals surface area (Å²) in [5.74, 6) is -0.768. The van der Waals surface area contributed by atoms with Gasteiger partial charge in [0.15, 0.2) is 9.84 Å². The molecule has 3 aromatic rings. The number of pyridine rings is 1. The van der Waals surface area contributed by atoms with E-state index in [2.05, 4.69) is 15.3 Å². The number of nitrogens with one attached hydrogen (secondary N) is 1. The molecule has 2 saturated heterocycles. The summed E-state index contributed by atoms with van der Waals surface area (Å²) in [4.78, 5) is 29.2. The number of fused-ring (bicyclic) bond motifs is 1. The lowest BCUT2D eigenvalue weighted by molar-refractivity contribution is -0.145. The van der Waals surface area contributed by atoms with E-state index in [0.29, 0.717) is 67.2 Å². The summed E-state index contributed by atoms with van der Waals surface area (Å²) in [7, 11) is -3.03. The number of anilines is 1. The van der Waals surface area contributed by atoms with Crippen molar-refractivity contribution in [3.63, 3.8) is 0 Å². The lowest BCUT2D eigenvalue weighted by Crippen LogP contribution is -2.44. The highest BCUT2D eigenvalue weighted by atomic mass is 32.2. The lowest BCUT2D eigenvalue weighted by Gasteiger charge is -2.34. The Hall–Kier alpha value is -3.36. The number of ether oxygens (including phenoxy) is 1. The first-order valence-electron chi connectivity index (χ1n) is 12.9. The molecule has 2 aliphatic heterocycles. The molecule has 40 heavy (non-hydrogen) atoms. The molecule has 14 heteroatoms. The predicted molar refractivity (Wildman–Crippen MR) is 142 cm³/mol. The number of alkyl halides is 3. The molecule has 2 aromatic heterocycles. The third kappa shape index (κ3) is 6.18. The molecule has 4 heterocycles. The van der Waals surface area contributed by atoms with Gasteiger partial charge in [0.2, 0.25) is 5.82 Å². The molecule has 0 bridgehead atoms. The van der Waals surface area contributed by atoms with Gasteiger partial charge >= 0.3 is 6.18 Å². The van der Waals surface area contributed by atoms with E-state index in [-0.39, 0.29) is 24.0 Å². The second-order valence-corrected chi connectivity index (χ2v) is 12.1. The normalized spacial score (nSPS) is 18.9. The molecule has 1 atom stereocenters. The summed E-state index contributed by atoms with van der Waals surface area (Å²) in [6.07, 6.45) is -2.34. The van der Waals surface area contributed by atoms with Gasteiger partial charge in [-0.15, -0.1) is 0 Å². The van der Waals surface area contributed by atoms with Crippen LogP contribution in [0.15, 0.2) is 36.7 Å². The van der Waals surface area contributed by atoms with Gasteiger partial charge in [0.05, 0.1) is 41.8 Å². The molecule has 1 amide bonds. The fourth-order valence-electron chi connectivity index (χ4n) is 5.00. The summed E-state index contributed by atoms with van der Waals surface area (Å²) < 4.78 is 68.0. The predicted octanol–water partition coefficient (Wildman–Crippen LogP) is 2.39. The summed E-state index contributed by atoms with van der Waals surface area (Å²) >= 11 is 0. The Morgan fingerprint density at radius 1 is 1.05 bits per heavy atom. The minimum atomic E-state index is -4.65. The summed E-state index contributed by atoms with van der Waals surface area (Å²) in [6.45, 7) is 4.67. The van der Waals surface area contributed by atoms with E-state index in [1.807, 2.05) is 28.9 Å². The number of carbonyl (C=O) groups is 1. The summed E-state index contributed by atoms with van der Waals surface area (Å²) in [5.41, 5.74) is 2.24. The molecule has 2 fully saturated rings. The molecular weight excluding hydrogens is 549 g/mol. The van der Waals surface area contributed by atoms with Crippen molar-refractivity contribution >= 4 is 32.5 Å². The molecule has 0 saturated carbocycles. The molecule has 10 nitrogen and oxygen atoms in total. The van der Waals surface area contributed by atoms with Crippen LogP contribution in [0.4, 0.5) is 19.0 Å². The maximum Gasteiger partial charge on any atom is 0.451 e. The average molecular weight is 579 g/mol. The van der Waals surface area contributed by atoms with Crippen molar-refractivity contribution in [2.24, 2.45) is 0 Å². The van der Waals surface area contributed by atoms with Crippen molar-refractivity contribution in [2.75, 3.05) is 62.3 Å². The number of benzene rings is 1. The first-order chi connectivity index (χ1) is 19.0. The van der Waals surface area contributed by atoms with Crippen molar-refractivity contribution in [1.82, 2.24) is 25.2 Å². The van der Waals surface area contributed by atoms with Crippen LogP contribution in [0.3, 0.4) is 0 Å². The number of aryl methyl sites for hydroxylation is 1. The van der Waals surface area contributed by atoms with E-state index in [4.69, 9.17) is 9.72 Å². The summed E-state index contributed by atoms with van der Waals surface area (Å²) in [5, 5.41) is 3.60. The molecule has 2 aliphatic rings. The zero-order valence-electron chi connectivity index (χ0n) is 21.8. The number of rotatable bonds is 6. The Morgan fingerprint density at radius 3 is 2.38 bits per heavy atom. The van der Waals surface area contributed by atoms with E-state index in [1.165, 1.54) is 0 Å². The largest absolute Gasteiger partial charge is 0.451 e. The van der Waals surface area contributed by atoms with Gasteiger partial charge in [-0.3, -0.25) is 9.69 Å². The lowest BCUT2D eigenvalue weighted by atomic mass is 10.0. The maximum atomic E-state index is 13.5. The van der Waals surface area contributed by atoms with Crippen molar-refractivity contribution in [3.05, 3.63) is 59.2 Å². The van der Waals surface area contributed by atoms with Crippen LogP contribution in [0, 0.1) is 6.92 Å². The number of carbonyl (C=O) groups excluding carboxylic acids is 1. The summed E-state index contributed by atoms with van der Waals surface area (Å²) in [6, 6.07) is 6.77. The monoisotopic (exact) mass is 578 g/mol. The number of amides is 1.